The average molecular weight is 178 g/mol. The van der Waals surface area contributed by atoms with Gasteiger partial charge in [0.2, 0.25) is 0 Å². The fourth-order valence-corrected chi connectivity index (χ4v) is 1.84. The molecular formula is C11H18N2. The van der Waals surface area contributed by atoms with Gasteiger partial charge in [0, 0.05) is 11.3 Å². The maximum absolute atomic E-state index is 5.90. The summed E-state index contributed by atoms with van der Waals surface area (Å²) in [6, 6.07) is 2.08. The van der Waals surface area contributed by atoms with Crippen LogP contribution < -0.4 is 5.73 Å². The molecule has 0 aliphatic heterocycles. The highest BCUT2D eigenvalue weighted by atomic mass is 14.8. The maximum Gasteiger partial charge on any atom is 0.127 e. The van der Waals surface area contributed by atoms with E-state index in [2.05, 4.69) is 38.7 Å². The van der Waals surface area contributed by atoms with Crippen molar-refractivity contribution in [2.45, 2.75) is 40.0 Å². The molecule has 0 aliphatic carbocycles. The second-order valence-corrected chi connectivity index (χ2v) is 4.59. The number of rotatable bonds is 0. The van der Waals surface area contributed by atoms with E-state index in [1.165, 1.54) is 5.56 Å². The normalized spacial score (nSPS) is 11.8. The molecule has 0 aliphatic rings. The molecule has 0 unspecified atom stereocenters. The summed E-state index contributed by atoms with van der Waals surface area (Å²) >= 11 is 0. The van der Waals surface area contributed by atoms with Crippen LogP contribution in [0.25, 0.3) is 0 Å². The number of anilines is 1. The van der Waals surface area contributed by atoms with Gasteiger partial charge in [0.1, 0.15) is 5.82 Å². The highest BCUT2D eigenvalue weighted by Gasteiger charge is 2.20. The van der Waals surface area contributed by atoms with Gasteiger partial charge in [-0.15, -0.1) is 0 Å². The Hall–Kier alpha value is -1.05. The first kappa shape index (κ1) is 10.0. The summed E-state index contributed by atoms with van der Waals surface area (Å²) in [6.07, 6.45) is 0. The zero-order valence-electron chi connectivity index (χ0n) is 9.10. The Morgan fingerprint density at radius 1 is 1.23 bits per heavy atom. The Morgan fingerprint density at radius 2 is 1.77 bits per heavy atom. The number of aryl methyl sites for hydroxylation is 2. The quantitative estimate of drug-likeness (QED) is 0.663. The van der Waals surface area contributed by atoms with Crippen molar-refractivity contribution in [2.75, 3.05) is 5.73 Å². The highest BCUT2D eigenvalue weighted by Crippen LogP contribution is 2.29. The minimum absolute atomic E-state index is 0.0782. The van der Waals surface area contributed by atoms with Crippen LogP contribution in [0.3, 0.4) is 0 Å². The molecule has 0 bridgehead atoms. The van der Waals surface area contributed by atoms with Gasteiger partial charge in [0.15, 0.2) is 0 Å². The van der Waals surface area contributed by atoms with Crippen LogP contribution in [0.1, 0.15) is 37.6 Å². The van der Waals surface area contributed by atoms with E-state index in [1.807, 2.05) is 6.92 Å². The minimum atomic E-state index is 0.0782. The van der Waals surface area contributed by atoms with Crippen LogP contribution in [-0.4, -0.2) is 4.98 Å². The lowest BCUT2D eigenvalue weighted by molar-refractivity contribution is 0.585. The number of hydrogen-bond donors (Lipinski definition) is 1. The predicted octanol–water partition coefficient (Wildman–Crippen LogP) is 2.58. The lowest BCUT2D eigenvalue weighted by Crippen LogP contribution is -2.17. The Bertz CT molecular complexity index is 298. The molecule has 0 fully saturated rings. The first-order valence-electron chi connectivity index (χ1n) is 4.56. The van der Waals surface area contributed by atoms with E-state index in [0.717, 1.165) is 11.3 Å². The van der Waals surface area contributed by atoms with E-state index in [0.29, 0.717) is 5.82 Å². The van der Waals surface area contributed by atoms with Crippen LogP contribution in [0.2, 0.25) is 0 Å². The molecule has 0 saturated heterocycles. The van der Waals surface area contributed by atoms with Crippen LogP contribution in [-0.2, 0) is 5.41 Å². The summed E-state index contributed by atoms with van der Waals surface area (Å²) < 4.78 is 0. The van der Waals surface area contributed by atoms with Crippen LogP contribution in [0.15, 0.2) is 6.07 Å². The molecule has 0 spiro atoms. The van der Waals surface area contributed by atoms with Gasteiger partial charge in [0.25, 0.3) is 0 Å². The number of nitrogens with zero attached hydrogens (tertiary/aromatic N) is 1. The minimum Gasteiger partial charge on any atom is -0.383 e. The van der Waals surface area contributed by atoms with Crippen molar-refractivity contribution in [3.63, 3.8) is 0 Å². The lowest BCUT2D eigenvalue weighted by Gasteiger charge is -2.23. The molecule has 1 aromatic heterocycles. The zero-order chi connectivity index (χ0) is 10.2. The van der Waals surface area contributed by atoms with Crippen molar-refractivity contribution in [1.29, 1.82) is 0 Å². The Kier molecular flexibility index (Phi) is 2.33. The van der Waals surface area contributed by atoms with Gasteiger partial charge in [0.05, 0.1) is 0 Å². The molecule has 2 nitrogen and oxygen atoms in total. The van der Waals surface area contributed by atoms with Gasteiger partial charge in [-0.3, -0.25) is 0 Å². The van der Waals surface area contributed by atoms with Gasteiger partial charge in [-0.1, -0.05) is 20.8 Å². The van der Waals surface area contributed by atoms with Crippen LogP contribution >= 0.6 is 0 Å². The summed E-state index contributed by atoms with van der Waals surface area (Å²) in [7, 11) is 0. The molecule has 0 atom stereocenters. The molecule has 1 heterocycles. The molecular weight excluding hydrogens is 160 g/mol. The van der Waals surface area contributed by atoms with Gasteiger partial charge >= 0.3 is 0 Å². The molecule has 2 N–H and O–H groups in total. The van der Waals surface area contributed by atoms with Gasteiger partial charge in [-0.25, -0.2) is 4.98 Å². The van der Waals surface area contributed by atoms with E-state index >= 15 is 0 Å². The first-order chi connectivity index (χ1) is 5.82. The van der Waals surface area contributed by atoms with Crippen molar-refractivity contribution in [3.05, 3.63) is 22.9 Å². The van der Waals surface area contributed by atoms with E-state index < -0.39 is 0 Å². The standard InChI is InChI=1S/C11H18N2/c1-7-6-8(2)13-10(12)9(7)11(3,4)5/h6H,1-5H3,(H2,12,13). The van der Waals surface area contributed by atoms with Crippen molar-refractivity contribution < 1.29 is 0 Å². The summed E-state index contributed by atoms with van der Waals surface area (Å²) in [5, 5.41) is 0. The summed E-state index contributed by atoms with van der Waals surface area (Å²) in [4.78, 5) is 4.28. The van der Waals surface area contributed by atoms with Gasteiger partial charge in [-0.05, 0) is 30.9 Å². The Labute approximate surface area is 80.2 Å². The fraction of sp³-hybridized carbons (Fsp3) is 0.545. The summed E-state index contributed by atoms with van der Waals surface area (Å²) in [5.74, 6) is 0.671. The molecule has 0 aromatic carbocycles. The smallest absolute Gasteiger partial charge is 0.127 e. The first-order valence-corrected chi connectivity index (χ1v) is 4.56. The largest absolute Gasteiger partial charge is 0.383 e. The van der Waals surface area contributed by atoms with Gasteiger partial charge < -0.3 is 5.73 Å². The fourth-order valence-electron chi connectivity index (χ4n) is 1.84. The lowest BCUT2D eigenvalue weighted by atomic mass is 9.84. The van der Waals surface area contributed by atoms with Crippen molar-refractivity contribution in [3.8, 4) is 0 Å². The summed E-state index contributed by atoms with van der Waals surface area (Å²) in [6.45, 7) is 10.5. The SMILES string of the molecule is Cc1cc(C)c(C(C)(C)C)c(N)n1. The van der Waals surface area contributed by atoms with Gasteiger partial charge in [-0.2, -0.15) is 0 Å². The van der Waals surface area contributed by atoms with E-state index in [1.54, 1.807) is 0 Å². The zero-order valence-corrected chi connectivity index (χ0v) is 9.10. The van der Waals surface area contributed by atoms with Crippen LogP contribution in [0.4, 0.5) is 5.82 Å². The maximum atomic E-state index is 5.90. The average Bonchev–Trinajstić information content (AvgIpc) is 1.78. The van der Waals surface area contributed by atoms with Crippen LogP contribution in [0, 0.1) is 13.8 Å². The molecule has 0 radical (unpaired) electrons. The third kappa shape index (κ3) is 2.00. The molecule has 1 rings (SSSR count). The third-order valence-corrected chi connectivity index (χ3v) is 2.12. The van der Waals surface area contributed by atoms with Crippen molar-refractivity contribution >= 4 is 5.82 Å². The molecule has 1 aromatic rings. The number of nitrogens with two attached hydrogens (primary N) is 1. The monoisotopic (exact) mass is 178 g/mol. The molecule has 2 heteroatoms. The second kappa shape index (κ2) is 3.02. The molecule has 13 heavy (non-hydrogen) atoms. The number of aromatic nitrogens is 1. The molecule has 72 valence electrons. The molecule has 0 amide bonds. The second-order valence-electron chi connectivity index (χ2n) is 4.59. The Morgan fingerprint density at radius 3 is 2.15 bits per heavy atom. The topological polar surface area (TPSA) is 38.9 Å². The summed E-state index contributed by atoms with van der Waals surface area (Å²) in [5.41, 5.74) is 9.36. The number of hydrogen-bond acceptors (Lipinski definition) is 2. The van der Waals surface area contributed by atoms with Crippen molar-refractivity contribution in [1.82, 2.24) is 4.98 Å². The van der Waals surface area contributed by atoms with E-state index in [4.69, 9.17) is 5.73 Å². The third-order valence-electron chi connectivity index (χ3n) is 2.12. The van der Waals surface area contributed by atoms with E-state index in [9.17, 15) is 0 Å². The van der Waals surface area contributed by atoms with Crippen molar-refractivity contribution in [2.24, 2.45) is 0 Å². The number of nitrogen functional groups attached to an aromatic ring is 1. The number of pyridine rings is 1. The highest BCUT2D eigenvalue weighted by molar-refractivity contribution is 5.49. The van der Waals surface area contributed by atoms with E-state index in [-0.39, 0.29) is 5.41 Å². The Balaban J connectivity index is 3.38. The molecule has 0 saturated carbocycles. The predicted molar refractivity (Wildman–Crippen MR) is 56.8 cm³/mol. The van der Waals surface area contributed by atoms with Crippen LogP contribution in [0.5, 0.6) is 0 Å².